The van der Waals surface area contributed by atoms with Crippen molar-refractivity contribution in [1.29, 1.82) is 0 Å². The molecule has 1 amide bonds. The van der Waals surface area contributed by atoms with E-state index in [4.69, 9.17) is 11.7 Å². The third-order valence-electron chi connectivity index (χ3n) is 1.31. The van der Waals surface area contributed by atoms with Crippen LogP contribution in [0, 0.1) is 0 Å². The molecule has 0 aliphatic carbocycles. The van der Waals surface area contributed by atoms with Crippen molar-refractivity contribution in [2.24, 2.45) is 16.8 Å². The maximum absolute atomic E-state index is 10.8. The van der Waals surface area contributed by atoms with E-state index in [0.29, 0.717) is 5.96 Å². The molecule has 1 aliphatic heterocycles. The third kappa shape index (κ3) is 0.781. The van der Waals surface area contributed by atoms with E-state index in [1.807, 2.05) is 0 Å². The van der Waals surface area contributed by atoms with Crippen LogP contribution in [0.25, 0.3) is 0 Å². The number of hydrazine groups is 1. The predicted molar refractivity (Wildman–Crippen MR) is 35.3 cm³/mol. The molecule has 1 saturated heterocycles. The number of rotatable bonds is 0. The van der Waals surface area contributed by atoms with Gasteiger partial charge in [-0.3, -0.25) is 4.79 Å². The van der Waals surface area contributed by atoms with Crippen LogP contribution in [0.4, 0.5) is 0 Å². The molecule has 0 aromatic carbocycles. The van der Waals surface area contributed by atoms with E-state index in [0.717, 1.165) is 5.01 Å². The maximum Gasteiger partial charge on any atom is 0.263 e. The lowest BCUT2D eigenvalue weighted by atomic mass is 10.6. The van der Waals surface area contributed by atoms with E-state index in [2.05, 4.69) is 5.10 Å². The Kier molecular flexibility index (Phi) is 1.46. The summed E-state index contributed by atoms with van der Waals surface area (Å²) in [7, 11) is 1.69. The first-order valence-corrected chi connectivity index (χ1v) is 2.73. The minimum atomic E-state index is -0.202. The van der Waals surface area contributed by atoms with Gasteiger partial charge in [0.1, 0.15) is 6.54 Å². The van der Waals surface area contributed by atoms with Gasteiger partial charge in [0.05, 0.1) is 0 Å². The van der Waals surface area contributed by atoms with Crippen LogP contribution in [-0.4, -0.2) is 35.4 Å². The second-order valence-electron chi connectivity index (χ2n) is 2.05. The molecule has 56 valence electrons. The highest BCUT2D eigenvalue weighted by Crippen LogP contribution is 2.00. The standard InChI is InChI=1S/C4H9N5O/c1-8-2-3(10)9(6)4(8)7-5/h2,5-6H2,1H3/b7-4+. The van der Waals surface area contributed by atoms with Crippen LogP contribution in [0.5, 0.6) is 0 Å². The van der Waals surface area contributed by atoms with Crippen molar-refractivity contribution in [3.8, 4) is 0 Å². The van der Waals surface area contributed by atoms with Gasteiger partial charge in [-0.05, 0) is 0 Å². The van der Waals surface area contributed by atoms with Crippen LogP contribution in [-0.2, 0) is 4.79 Å². The Balaban J connectivity index is 2.84. The van der Waals surface area contributed by atoms with Gasteiger partial charge in [0.2, 0.25) is 5.96 Å². The number of amides is 1. The second kappa shape index (κ2) is 2.14. The van der Waals surface area contributed by atoms with E-state index in [-0.39, 0.29) is 12.5 Å². The highest BCUT2D eigenvalue weighted by Gasteiger charge is 2.28. The summed E-state index contributed by atoms with van der Waals surface area (Å²) in [5.41, 5.74) is 0. The van der Waals surface area contributed by atoms with Crippen LogP contribution in [0.1, 0.15) is 0 Å². The molecule has 1 fully saturated rings. The van der Waals surface area contributed by atoms with Crippen molar-refractivity contribution < 1.29 is 4.79 Å². The average molecular weight is 143 g/mol. The molecular weight excluding hydrogens is 134 g/mol. The lowest BCUT2D eigenvalue weighted by Gasteiger charge is -2.10. The van der Waals surface area contributed by atoms with Gasteiger partial charge in [0, 0.05) is 7.05 Å². The summed E-state index contributed by atoms with van der Waals surface area (Å²) in [6, 6.07) is 0. The van der Waals surface area contributed by atoms with E-state index in [9.17, 15) is 4.79 Å². The van der Waals surface area contributed by atoms with E-state index in [1.54, 1.807) is 11.9 Å². The van der Waals surface area contributed by atoms with Gasteiger partial charge in [0.15, 0.2) is 0 Å². The van der Waals surface area contributed by atoms with Crippen molar-refractivity contribution in [3.05, 3.63) is 0 Å². The summed E-state index contributed by atoms with van der Waals surface area (Å²) in [5, 5.41) is 4.25. The molecule has 0 bridgehead atoms. The van der Waals surface area contributed by atoms with Crippen molar-refractivity contribution in [2.75, 3.05) is 13.6 Å². The van der Waals surface area contributed by atoms with E-state index >= 15 is 0 Å². The van der Waals surface area contributed by atoms with E-state index in [1.165, 1.54) is 0 Å². The Morgan fingerprint density at radius 1 is 1.70 bits per heavy atom. The molecule has 0 spiro atoms. The normalized spacial score (nSPS) is 23.0. The summed E-state index contributed by atoms with van der Waals surface area (Å²) in [6.07, 6.45) is 0. The fourth-order valence-electron chi connectivity index (χ4n) is 0.806. The summed E-state index contributed by atoms with van der Waals surface area (Å²) < 4.78 is 0. The number of hydrogen-bond acceptors (Lipinski definition) is 4. The molecule has 6 heteroatoms. The lowest BCUT2D eigenvalue weighted by Crippen LogP contribution is -2.39. The summed E-state index contributed by atoms with van der Waals surface area (Å²) >= 11 is 0. The van der Waals surface area contributed by atoms with Crippen LogP contribution >= 0.6 is 0 Å². The fourth-order valence-corrected chi connectivity index (χ4v) is 0.806. The molecule has 1 rings (SSSR count). The van der Waals surface area contributed by atoms with Crippen molar-refractivity contribution in [3.63, 3.8) is 0 Å². The Morgan fingerprint density at radius 3 is 2.50 bits per heavy atom. The number of carbonyl (C=O) groups excluding carboxylic acids is 1. The molecule has 0 aromatic heterocycles. The SMILES string of the molecule is CN1CC(=O)N(N)/C1=N/N. The van der Waals surface area contributed by atoms with Gasteiger partial charge in [0.25, 0.3) is 5.91 Å². The molecule has 1 heterocycles. The van der Waals surface area contributed by atoms with Crippen LogP contribution in [0.2, 0.25) is 0 Å². The first kappa shape index (κ1) is 6.81. The number of nitrogens with two attached hydrogens (primary N) is 2. The first-order chi connectivity index (χ1) is 4.66. The van der Waals surface area contributed by atoms with Gasteiger partial charge >= 0.3 is 0 Å². The zero-order chi connectivity index (χ0) is 7.72. The number of hydrazone groups is 1. The Hall–Kier alpha value is -1.30. The molecule has 0 radical (unpaired) electrons. The molecule has 6 nitrogen and oxygen atoms in total. The van der Waals surface area contributed by atoms with Gasteiger partial charge < -0.3 is 10.7 Å². The molecule has 10 heavy (non-hydrogen) atoms. The van der Waals surface area contributed by atoms with Crippen molar-refractivity contribution >= 4 is 11.9 Å². The lowest BCUT2D eigenvalue weighted by molar-refractivity contribution is -0.125. The fraction of sp³-hybridized carbons (Fsp3) is 0.500. The van der Waals surface area contributed by atoms with Crippen LogP contribution in [0.3, 0.4) is 0 Å². The minimum Gasteiger partial charge on any atom is -0.334 e. The van der Waals surface area contributed by atoms with Gasteiger partial charge in [-0.15, -0.1) is 5.10 Å². The number of guanidine groups is 1. The number of likely N-dealkylation sites (N-methyl/N-ethyl adjacent to an activating group) is 1. The first-order valence-electron chi connectivity index (χ1n) is 2.73. The second-order valence-corrected chi connectivity index (χ2v) is 2.05. The smallest absolute Gasteiger partial charge is 0.263 e. The Labute approximate surface area is 58.0 Å². The number of hydrogen-bond donors (Lipinski definition) is 2. The van der Waals surface area contributed by atoms with Crippen molar-refractivity contribution in [2.45, 2.75) is 0 Å². The molecular formula is C4H9N5O. The summed E-state index contributed by atoms with van der Waals surface area (Å²) in [6.45, 7) is 0.243. The number of nitrogens with zero attached hydrogens (tertiary/aromatic N) is 3. The number of carbonyl (C=O) groups is 1. The Morgan fingerprint density at radius 2 is 2.30 bits per heavy atom. The molecule has 0 aromatic rings. The summed E-state index contributed by atoms with van der Waals surface area (Å²) in [4.78, 5) is 12.3. The quantitative estimate of drug-likeness (QED) is 0.230. The largest absolute Gasteiger partial charge is 0.334 e. The molecule has 0 unspecified atom stereocenters. The molecule has 0 saturated carbocycles. The highest BCUT2D eigenvalue weighted by atomic mass is 16.2. The van der Waals surface area contributed by atoms with E-state index < -0.39 is 0 Å². The highest BCUT2D eigenvalue weighted by molar-refractivity contribution is 6.03. The summed E-state index contributed by atoms with van der Waals surface area (Å²) in [5.74, 6) is 10.3. The van der Waals surface area contributed by atoms with Gasteiger partial charge in [-0.2, -0.15) is 0 Å². The van der Waals surface area contributed by atoms with Crippen LogP contribution < -0.4 is 11.7 Å². The van der Waals surface area contributed by atoms with Crippen molar-refractivity contribution in [1.82, 2.24) is 9.91 Å². The van der Waals surface area contributed by atoms with Crippen LogP contribution in [0.15, 0.2) is 5.10 Å². The van der Waals surface area contributed by atoms with Gasteiger partial charge in [-0.25, -0.2) is 10.9 Å². The predicted octanol–water partition coefficient (Wildman–Crippen LogP) is -2.14. The topological polar surface area (TPSA) is 88.0 Å². The zero-order valence-electron chi connectivity index (χ0n) is 5.61. The Bertz CT molecular complexity index is 188. The third-order valence-corrected chi connectivity index (χ3v) is 1.31. The monoisotopic (exact) mass is 143 g/mol. The molecule has 0 atom stereocenters. The minimum absolute atomic E-state index is 0.202. The molecule has 1 aliphatic rings. The average Bonchev–Trinajstić information content (AvgIpc) is 2.09. The molecule has 4 N–H and O–H groups in total. The van der Waals surface area contributed by atoms with Gasteiger partial charge in [-0.1, -0.05) is 0 Å². The maximum atomic E-state index is 10.8. The zero-order valence-corrected chi connectivity index (χ0v) is 5.61.